The first-order chi connectivity index (χ1) is 7.68. The maximum absolute atomic E-state index is 12.2. The Morgan fingerprint density at radius 3 is 2.81 bits per heavy atom. The summed E-state index contributed by atoms with van der Waals surface area (Å²) in [6.07, 6.45) is 0. The number of benzene rings is 1. The molecule has 1 fully saturated rings. The Morgan fingerprint density at radius 2 is 2.12 bits per heavy atom. The molecule has 1 nitrogen and oxygen atoms in total. The zero-order valence-electron chi connectivity index (χ0n) is 8.41. The summed E-state index contributed by atoms with van der Waals surface area (Å²) in [7, 11) is 0. The third-order valence-corrected chi connectivity index (χ3v) is 5.62. The second kappa shape index (κ2) is 5.67. The number of carbonyl (C=O) groups is 1. The van der Waals surface area contributed by atoms with E-state index in [1.54, 1.807) is 30.0 Å². The Morgan fingerprint density at radius 1 is 1.31 bits per heavy atom. The van der Waals surface area contributed by atoms with Crippen molar-refractivity contribution in [1.82, 2.24) is 0 Å². The van der Waals surface area contributed by atoms with Crippen LogP contribution in [0.1, 0.15) is 10.4 Å². The van der Waals surface area contributed by atoms with Crippen molar-refractivity contribution in [3.05, 3.63) is 33.8 Å². The zero-order chi connectivity index (χ0) is 11.5. The Labute approximate surface area is 113 Å². The predicted octanol–water partition coefficient (Wildman–Crippen LogP) is 4.02. The first-order valence-corrected chi connectivity index (χ1v) is 7.83. The third-order valence-electron chi connectivity index (χ3n) is 2.30. The number of hydrogen-bond donors (Lipinski definition) is 0. The zero-order valence-corrected chi connectivity index (χ0v) is 11.6. The van der Waals surface area contributed by atoms with Crippen LogP contribution in [0, 0.1) is 0 Å². The number of carbonyl (C=O) groups excluding carboxylic acids is 1. The molecule has 1 heterocycles. The molecule has 86 valence electrons. The highest BCUT2D eigenvalue weighted by molar-refractivity contribution is 8.07. The van der Waals surface area contributed by atoms with Crippen LogP contribution in [0.5, 0.6) is 0 Å². The first kappa shape index (κ1) is 12.6. The van der Waals surface area contributed by atoms with E-state index in [0.717, 1.165) is 17.3 Å². The number of halogens is 2. The van der Waals surface area contributed by atoms with Crippen LogP contribution in [-0.2, 0) is 0 Å². The molecule has 0 amide bonds. The Hall–Kier alpha value is 0.170. The van der Waals surface area contributed by atoms with Gasteiger partial charge in [-0.25, -0.2) is 0 Å². The van der Waals surface area contributed by atoms with E-state index >= 15 is 0 Å². The molecule has 16 heavy (non-hydrogen) atoms. The first-order valence-electron chi connectivity index (χ1n) is 4.87. The molecule has 0 aromatic heterocycles. The molecule has 5 heteroatoms. The number of thioether (sulfide) groups is 2. The lowest BCUT2D eigenvalue weighted by atomic mass is 10.1. The molecular formula is C11H10Cl2OS2. The molecule has 1 aliphatic rings. The van der Waals surface area contributed by atoms with E-state index in [-0.39, 0.29) is 11.0 Å². The van der Waals surface area contributed by atoms with Gasteiger partial charge in [0.1, 0.15) is 0 Å². The fraction of sp³-hybridized carbons (Fsp3) is 0.364. The standard InChI is InChI=1S/C11H10Cl2OS2/c12-7-1-2-9(13)8(5-7)11(14)10-6-15-3-4-16-10/h1-2,5,10H,3-4,6H2. The lowest BCUT2D eigenvalue weighted by Crippen LogP contribution is -2.24. The Balaban J connectivity index is 2.22. The van der Waals surface area contributed by atoms with Crippen LogP contribution in [0.15, 0.2) is 18.2 Å². The fourth-order valence-electron chi connectivity index (χ4n) is 1.50. The van der Waals surface area contributed by atoms with Gasteiger partial charge < -0.3 is 0 Å². The molecule has 0 N–H and O–H groups in total. The number of rotatable bonds is 2. The summed E-state index contributed by atoms with van der Waals surface area (Å²) >= 11 is 15.4. The van der Waals surface area contributed by atoms with Crippen molar-refractivity contribution in [3.63, 3.8) is 0 Å². The monoisotopic (exact) mass is 292 g/mol. The lowest BCUT2D eigenvalue weighted by Gasteiger charge is -2.20. The van der Waals surface area contributed by atoms with Crippen molar-refractivity contribution in [2.45, 2.75) is 5.25 Å². The highest BCUT2D eigenvalue weighted by Crippen LogP contribution is 2.30. The van der Waals surface area contributed by atoms with Gasteiger partial charge in [-0.2, -0.15) is 11.8 Å². The van der Waals surface area contributed by atoms with E-state index in [2.05, 4.69) is 0 Å². The Bertz CT molecular complexity index is 403. The van der Waals surface area contributed by atoms with Crippen LogP contribution in [0.25, 0.3) is 0 Å². The largest absolute Gasteiger partial charge is 0.293 e. The smallest absolute Gasteiger partial charge is 0.178 e. The second-order valence-corrected chi connectivity index (χ2v) is 6.73. The van der Waals surface area contributed by atoms with Crippen molar-refractivity contribution in [1.29, 1.82) is 0 Å². The van der Waals surface area contributed by atoms with Gasteiger partial charge in [0, 0.05) is 27.8 Å². The average Bonchev–Trinajstić information content (AvgIpc) is 2.32. The summed E-state index contributed by atoms with van der Waals surface area (Å²) in [4.78, 5) is 12.2. The molecule has 0 bridgehead atoms. The van der Waals surface area contributed by atoms with Crippen molar-refractivity contribution in [3.8, 4) is 0 Å². The van der Waals surface area contributed by atoms with Crippen LogP contribution in [-0.4, -0.2) is 28.3 Å². The van der Waals surface area contributed by atoms with Gasteiger partial charge in [-0.3, -0.25) is 4.79 Å². The van der Waals surface area contributed by atoms with E-state index in [1.165, 1.54) is 0 Å². The maximum Gasteiger partial charge on any atom is 0.178 e. The minimum absolute atomic E-state index is 0.0229. The van der Waals surface area contributed by atoms with Gasteiger partial charge in [-0.15, -0.1) is 11.8 Å². The van der Waals surface area contributed by atoms with E-state index in [1.807, 2.05) is 11.8 Å². The molecule has 2 rings (SSSR count). The maximum atomic E-state index is 12.2. The van der Waals surface area contributed by atoms with Gasteiger partial charge in [0.05, 0.1) is 10.3 Å². The number of hydrogen-bond acceptors (Lipinski definition) is 3. The number of Topliss-reactive ketones (excluding diaryl/α,β-unsaturated/α-hetero) is 1. The van der Waals surface area contributed by atoms with Gasteiger partial charge >= 0.3 is 0 Å². The third kappa shape index (κ3) is 2.89. The van der Waals surface area contributed by atoms with E-state index in [0.29, 0.717) is 15.6 Å². The van der Waals surface area contributed by atoms with Crippen LogP contribution in [0.3, 0.4) is 0 Å². The molecule has 1 aromatic rings. The second-order valence-electron chi connectivity index (χ2n) is 3.42. The van der Waals surface area contributed by atoms with E-state index in [9.17, 15) is 4.79 Å². The fourth-order valence-corrected chi connectivity index (χ4v) is 4.51. The summed E-state index contributed by atoms with van der Waals surface area (Å²) in [5, 5.41) is 1.07. The average molecular weight is 293 g/mol. The summed E-state index contributed by atoms with van der Waals surface area (Å²) < 4.78 is 0. The molecule has 0 spiro atoms. The molecular weight excluding hydrogens is 283 g/mol. The summed E-state index contributed by atoms with van der Waals surface area (Å²) in [5.74, 6) is 3.12. The molecule has 1 saturated heterocycles. The van der Waals surface area contributed by atoms with Crippen molar-refractivity contribution in [2.24, 2.45) is 0 Å². The number of ketones is 1. The molecule has 0 radical (unpaired) electrons. The molecule has 0 saturated carbocycles. The molecule has 0 aliphatic carbocycles. The summed E-state index contributed by atoms with van der Waals surface area (Å²) in [5.41, 5.74) is 0.550. The quantitative estimate of drug-likeness (QED) is 0.766. The van der Waals surface area contributed by atoms with Crippen LogP contribution in [0.4, 0.5) is 0 Å². The van der Waals surface area contributed by atoms with Crippen molar-refractivity contribution < 1.29 is 4.79 Å². The molecule has 1 aromatic carbocycles. The van der Waals surface area contributed by atoms with Gasteiger partial charge in [0.25, 0.3) is 0 Å². The molecule has 1 atom stereocenters. The van der Waals surface area contributed by atoms with Crippen LogP contribution < -0.4 is 0 Å². The van der Waals surface area contributed by atoms with E-state index < -0.39 is 0 Å². The topological polar surface area (TPSA) is 17.1 Å². The predicted molar refractivity (Wildman–Crippen MR) is 74.4 cm³/mol. The van der Waals surface area contributed by atoms with Gasteiger partial charge in [0.15, 0.2) is 5.78 Å². The normalized spacial score (nSPS) is 20.8. The van der Waals surface area contributed by atoms with Crippen molar-refractivity contribution in [2.75, 3.05) is 17.3 Å². The SMILES string of the molecule is O=C(c1cc(Cl)ccc1Cl)C1CSCCS1. The van der Waals surface area contributed by atoms with Gasteiger partial charge in [-0.1, -0.05) is 23.2 Å². The van der Waals surface area contributed by atoms with Gasteiger partial charge in [-0.05, 0) is 18.2 Å². The van der Waals surface area contributed by atoms with Crippen LogP contribution >= 0.6 is 46.7 Å². The summed E-state index contributed by atoms with van der Waals surface area (Å²) in [6.45, 7) is 0. The highest BCUT2D eigenvalue weighted by Gasteiger charge is 2.25. The summed E-state index contributed by atoms with van der Waals surface area (Å²) in [6, 6.07) is 5.03. The minimum atomic E-state index is 0.0229. The van der Waals surface area contributed by atoms with Gasteiger partial charge in [0.2, 0.25) is 0 Å². The molecule has 1 aliphatic heterocycles. The lowest BCUT2D eigenvalue weighted by molar-refractivity contribution is 0.0995. The van der Waals surface area contributed by atoms with Crippen LogP contribution in [0.2, 0.25) is 10.0 Å². The molecule has 1 unspecified atom stereocenters. The van der Waals surface area contributed by atoms with Crippen molar-refractivity contribution >= 4 is 52.5 Å². The Kier molecular flexibility index (Phi) is 4.48. The minimum Gasteiger partial charge on any atom is -0.293 e. The highest BCUT2D eigenvalue weighted by atomic mass is 35.5. The van der Waals surface area contributed by atoms with E-state index in [4.69, 9.17) is 23.2 Å².